The Morgan fingerprint density at radius 3 is 2.38 bits per heavy atom. The Morgan fingerprint density at radius 2 is 1.78 bits per heavy atom. The number of nitrogens with one attached hydrogen (secondary N) is 2. The fourth-order valence-corrected chi connectivity index (χ4v) is 4.30. The third kappa shape index (κ3) is 5.46. The van der Waals surface area contributed by atoms with Gasteiger partial charge in [0, 0.05) is 17.7 Å². The molecular weight excluding hydrogens is 487 g/mol. The molecule has 0 bridgehead atoms. The molecule has 0 spiro atoms. The second kappa shape index (κ2) is 9.89. The van der Waals surface area contributed by atoms with E-state index < -0.39 is 35.4 Å². The predicted octanol–water partition coefficient (Wildman–Crippen LogP) is 5.17. The van der Waals surface area contributed by atoms with Crippen molar-refractivity contribution in [2.75, 3.05) is 26.0 Å². The minimum Gasteiger partial charge on any atom is -0.440 e. The molecule has 0 fully saturated rings. The van der Waals surface area contributed by atoms with Gasteiger partial charge in [-0.2, -0.15) is 18.3 Å². The van der Waals surface area contributed by atoms with Gasteiger partial charge in [-0.3, -0.25) is 14.8 Å². The predicted molar refractivity (Wildman–Crippen MR) is 131 cm³/mol. The number of fused-ring (bicyclic) bond motifs is 1. The lowest BCUT2D eigenvalue weighted by molar-refractivity contribution is -0.137. The van der Waals surface area contributed by atoms with Gasteiger partial charge in [-0.1, -0.05) is 30.3 Å². The molecule has 2 aromatic carbocycles. The summed E-state index contributed by atoms with van der Waals surface area (Å²) in [5, 5.41) is 9.71. The summed E-state index contributed by atoms with van der Waals surface area (Å²) in [5.41, 5.74) is 0.500. The number of aromatic nitrogens is 2. The number of rotatable bonds is 6. The molecule has 196 valence electrons. The van der Waals surface area contributed by atoms with Crippen molar-refractivity contribution in [2.45, 2.75) is 38.2 Å². The van der Waals surface area contributed by atoms with Crippen molar-refractivity contribution in [1.82, 2.24) is 20.0 Å². The van der Waals surface area contributed by atoms with Gasteiger partial charge >= 0.3 is 12.3 Å². The highest BCUT2D eigenvalue weighted by Gasteiger charge is 2.45. The average molecular weight is 516 g/mol. The molecule has 1 atom stereocenters. The van der Waals surface area contributed by atoms with Crippen LogP contribution in [0.15, 0.2) is 54.6 Å². The van der Waals surface area contributed by atoms with Crippen LogP contribution in [0, 0.1) is 0 Å². The van der Waals surface area contributed by atoms with Gasteiger partial charge in [0.05, 0.1) is 23.3 Å². The van der Waals surface area contributed by atoms with E-state index in [0.717, 1.165) is 29.8 Å². The molecule has 3 aromatic rings. The van der Waals surface area contributed by atoms with Crippen LogP contribution in [0.5, 0.6) is 0 Å². The minimum atomic E-state index is -4.49. The van der Waals surface area contributed by atoms with E-state index in [0.29, 0.717) is 17.8 Å². The summed E-state index contributed by atoms with van der Waals surface area (Å²) in [6, 6.07) is 13.4. The van der Waals surface area contributed by atoms with Gasteiger partial charge < -0.3 is 15.0 Å². The minimum absolute atomic E-state index is 0.0488. The zero-order valence-corrected chi connectivity index (χ0v) is 20.9. The number of carbonyl (C=O) groups excluding carboxylic acids is 2. The Balaban J connectivity index is 1.50. The number of H-pyrrole nitrogens is 1. The first-order chi connectivity index (χ1) is 17.4. The molecule has 0 saturated carbocycles. The molecule has 2 amide bonds. The number of ether oxygens (including phenoxy) is 1. The second-order valence-electron chi connectivity index (χ2n) is 9.65. The largest absolute Gasteiger partial charge is 0.440 e. The summed E-state index contributed by atoms with van der Waals surface area (Å²) < 4.78 is 44.4. The Labute approximate surface area is 212 Å². The maximum Gasteiger partial charge on any atom is 0.416 e. The number of hydrogen-bond acceptors (Lipinski definition) is 5. The number of hydrogen-bond donors (Lipinski definition) is 2. The molecule has 1 aliphatic rings. The number of amides is 2. The van der Waals surface area contributed by atoms with Gasteiger partial charge in [0.1, 0.15) is 6.10 Å². The molecule has 37 heavy (non-hydrogen) atoms. The SMILES string of the molecule is CN(C)C[C@@H](OC(=O)N1Cc2c(NC(=O)c3ccc(C(F)(F)F)cc3)n[nH]c2C1(C)C)c1ccccc1. The fourth-order valence-electron chi connectivity index (χ4n) is 4.30. The lowest BCUT2D eigenvalue weighted by atomic mass is 10.0. The number of benzene rings is 2. The molecule has 4 rings (SSSR count). The molecule has 2 heterocycles. The van der Waals surface area contributed by atoms with Gasteiger partial charge in [-0.25, -0.2) is 4.79 Å². The van der Waals surface area contributed by atoms with Crippen LogP contribution >= 0.6 is 0 Å². The van der Waals surface area contributed by atoms with Crippen LogP contribution in [-0.2, 0) is 23.0 Å². The van der Waals surface area contributed by atoms with Crippen molar-refractivity contribution < 1.29 is 27.5 Å². The number of carbonyl (C=O) groups is 2. The maximum atomic E-state index is 13.3. The van der Waals surface area contributed by atoms with Gasteiger partial charge in [-0.15, -0.1) is 0 Å². The normalized spacial score (nSPS) is 15.4. The molecule has 1 aliphatic heterocycles. The molecule has 0 radical (unpaired) electrons. The standard InChI is InChI=1S/C26H28F3N5O3/c1-25(2)21-19(14-34(25)24(36)37-20(15-33(3)4)16-8-6-5-7-9-16)22(32-31-21)30-23(35)17-10-12-18(13-11-17)26(27,28)29/h5-13,20H,14-15H2,1-4H3,(H2,30,31,32,35)/t20-/m1/s1. The van der Waals surface area contributed by atoms with E-state index in [2.05, 4.69) is 15.5 Å². The van der Waals surface area contributed by atoms with Gasteiger partial charge in [0.2, 0.25) is 0 Å². The Morgan fingerprint density at radius 1 is 1.14 bits per heavy atom. The fraction of sp³-hybridized carbons (Fsp3) is 0.346. The van der Waals surface area contributed by atoms with E-state index in [1.54, 1.807) is 4.90 Å². The van der Waals surface area contributed by atoms with Crippen LogP contribution in [0.4, 0.5) is 23.8 Å². The maximum absolute atomic E-state index is 13.3. The molecule has 11 heteroatoms. The van der Waals surface area contributed by atoms with Crippen molar-refractivity contribution in [2.24, 2.45) is 0 Å². The monoisotopic (exact) mass is 515 g/mol. The average Bonchev–Trinajstić information content (AvgIpc) is 3.36. The summed E-state index contributed by atoms with van der Waals surface area (Å²) in [7, 11) is 3.79. The summed E-state index contributed by atoms with van der Waals surface area (Å²) in [5.74, 6) is -0.409. The van der Waals surface area contributed by atoms with Crippen LogP contribution in [0.3, 0.4) is 0 Å². The van der Waals surface area contributed by atoms with E-state index in [9.17, 15) is 22.8 Å². The summed E-state index contributed by atoms with van der Waals surface area (Å²) in [6.07, 6.45) is -5.51. The molecule has 2 N–H and O–H groups in total. The molecule has 1 aromatic heterocycles. The Kier molecular flexibility index (Phi) is 7.00. The molecule has 8 nitrogen and oxygen atoms in total. The van der Waals surface area contributed by atoms with Gasteiger partial charge in [0.15, 0.2) is 5.82 Å². The van der Waals surface area contributed by atoms with Crippen molar-refractivity contribution in [3.8, 4) is 0 Å². The Bertz CT molecular complexity index is 1270. The van der Waals surface area contributed by atoms with Gasteiger partial charge in [0.25, 0.3) is 5.91 Å². The summed E-state index contributed by atoms with van der Waals surface area (Å²) in [6.45, 7) is 4.29. The topological polar surface area (TPSA) is 90.6 Å². The summed E-state index contributed by atoms with van der Waals surface area (Å²) >= 11 is 0. The Hall–Kier alpha value is -3.86. The zero-order chi connectivity index (χ0) is 27.0. The van der Waals surface area contributed by atoms with Crippen molar-refractivity contribution in [3.63, 3.8) is 0 Å². The van der Waals surface area contributed by atoms with E-state index >= 15 is 0 Å². The smallest absolute Gasteiger partial charge is 0.416 e. The first-order valence-corrected chi connectivity index (χ1v) is 11.6. The van der Waals surface area contributed by atoms with Crippen LogP contribution in [0.25, 0.3) is 0 Å². The highest BCUT2D eigenvalue weighted by molar-refractivity contribution is 6.04. The van der Waals surface area contributed by atoms with E-state index in [4.69, 9.17) is 4.74 Å². The third-order valence-electron chi connectivity index (χ3n) is 6.34. The highest BCUT2D eigenvalue weighted by Crippen LogP contribution is 2.41. The highest BCUT2D eigenvalue weighted by atomic mass is 19.4. The number of nitrogens with zero attached hydrogens (tertiary/aromatic N) is 3. The van der Waals surface area contributed by atoms with Crippen LogP contribution in [0.2, 0.25) is 0 Å². The molecule has 0 aliphatic carbocycles. The second-order valence-corrected chi connectivity index (χ2v) is 9.65. The first kappa shape index (κ1) is 26.2. The van der Waals surface area contributed by atoms with Crippen LogP contribution in [0.1, 0.15) is 52.7 Å². The van der Waals surface area contributed by atoms with Crippen molar-refractivity contribution in [3.05, 3.63) is 82.5 Å². The van der Waals surface area contributed by atoms with Gasteiger partial charge in [-0.05, 0) is 57.8 Å². The number of likely N-dealkylation sites (N-methyl/N-ethyl adjacent to an activating group) is 1. The van der Waals surface area contributed by atoms with Crippen molar-refractivity contribution >= 4 is 17.8 Å². The molecule has 0 unspecified atom stereocenters. The number of aromatic amines is 1. The lowest BCUT2D eigenvalue weighted by Gasteiger charge is -2.33. The van der Waals surface area contributed by atoms with Crippen molar-refractivity contribution in [1.29, 1.82) is 0 Å². The number of alkyl halides is 3. The van der Waals surface area contributed by atoms with E-state index in [-0.39, 0.29) is 17.9 Å². The third-order valence-corrected chi connectivity index (χ3v) is 6.34. The van der Waals surface area contributed by atoms with Crippen LogP contribution in [-0.4, -0.2) is 52.6 Å². The van der Waals surface area contributed by atoms with E-state index in [1.807, 2.05) is 63.2 Å². The number of halogens is 3. The van der Waals surface area contributed by atoms with Crippen LogP contribution < -0.4 is 5.32 Å². The summed E-state index contributed by atoms with van der Waals surface area (Å²) in [4.78, 5) is 29.5. The first-order valence-electron chi connectivity index (χ1n) is 11.6. The van der Waals surface area contributed by atoms with E-state index in [1.165, 1.54) is 0 Å². The molecule has 0 saturated heterocycles. The molecular formula is C26H28F3N5O3. The quantitative estimate of drug-likeness (QED) is 0.473. The number of anilines is 1. The lowest BCUT2D eigenvalue weighted by Crippen LogP contribution is -2.42. The zero-order valence-electron chi connectivity index (χ0n) is 20.9.